The van der Waals surface area contributed by atoms with Crippen molar-refractivity contribution in [3.8, 4) is 5.75 Å². The summed E-state index contributed by atoms with van der Waals surface area (Å²) in [6.07, 6.45) is 0.614. The second-order valence-electron chi connectivity index (χ2n) is 9.20. The zero-order chi connectivity index (χ0) is 27.1. The van der Waals surface area contributed by atoms with E-state index in [1.165, 1.54) is 24.3 Å². The quantitative estimate of drug-likeness (QED) is 0.246. The third kappa shape index (κ3) is 7.57. The smallest absolute Gasteiger partial charge is 0.264 e. The molecule has 3 aromatic carbocycles. The average molecular weight is 542 g/mol. The highest BCUT2D eigenvalue weighted by Crippen LogP contribution is 2.28. The molecule has 7 nitrogen and oxygen atoms in total. The van der Waals surface area contributed by atoms with E-state index in [-0.39, 0.29) is 10.3 Å². The zero-order valence-electron chi connectivity index (χ0n) is 21.4. The zero-order valence-corrected chi connectivity index (χ0v) is 23.0. The lowest BCUT2D eigenvalue weighted by Crippen LogP contribution is -2.39. The average Bonchev–Trinajstić information content (AvgIpc) is 2.87. The maximum Gasteiger partial charge on any atom is 0.264 e. The maximum atomic E-state index is 13.5. The fourth-order valence-electron chi connectivity index (χ4n) is 3.92. The lowest BCUT2D eigenvalue weighted by atomic mass is 9.80. The van der Waals surface area contributed by atoms with Crippen LogP contribution in [0.5, 0.6) is 5.75 Å². The molecule has 0 saturated heterocycles. The van der Waals surface area contributed by atoms with Crippen LogP contribution in [0.1, 0.15) is 39.7 Å². The van der Waals surface area contributed by atoms with Crippen molar-refractivity contribution in [3.05, 3.63) is 89.4 Å². The summed E-state index contributed by atoms with van der Waals surface area (Å²) in [6, 6.07) is 22.4. The highest BCUT2D eigenvalue weighted by atomic mass is 35.5. The van der Waals surface area contributed by atoms with Gasteiger partial charge in [0.1, 0.15) is 12.3 Å². The highest BCUT2D eigenvalue weighted by molar-refractivity contribution is 7.92. The molecular formula is C28H32ClN3O4S. The summed E-state index contributed by atoms with van der Waals surface area (Å²) in [5.41, 5.74) is 4.53. The molecule has 0 spiro atoms. The fourth-order valence-corrected chi connectivity index (χ4v) is 5.47. The number of sulfonamides is 1. The SMILES string of the molecule is CCOc1ccc(N(CC(=O)N/N=C(/C)CC(C)(C)c2ccccc2)S(=O)(=O)c2ccc(Cl)cc2)cc1. The molecule has 0 bridgehead atoms. The molecule has 0 aliphatic heterocycles. The van der Waals surface area contributed by atoms with Gasteiger partial charge in [0, 0.05) is 10.7 Å². The van der Waals surface area contributed by atoms with Crippen LogP contribution in [0.25, 0.3) is 0 Å². The van der Waals surface area contributed by atoms with Crippen LogP contribution in [0, 0.1) is 0 Å². The van der Waals surface area contributed by atoms with Gasteiger partial charge in [0.15, 0.2) is 0 Å². The van der Waals surface area contributed by atoms with E-state index >= 15 is 0 Å². The van der Waals surface area contributed by atoms with Gasteiger partial charge >= 0.3 is 0 Å². The van der Waals surface area contributed by atoms with Crippen molar-refractivity contribution in [3.63, 3.8) is 0 Å². The number of hydrogen-bond acceptors (Lipinski definition) is 5. The van der Waals surface area contributed by atoms with Crippen LogP contribution in [0.3, 0.4) is 0 Å². The number of halogens is 1. The third-order valence-corrected chi connectivity index (χ3v) is 7.79. The Hall–Kier alpha value is -3.36. The number of rotatable bonds is 11. The Balaban J connectivity index is 1.81. The van der Waals surface area contributed by atoms with E-state index in [0.29, 0.717) is 29.5 Å². The number of benzene rings is 3. The van der Waals surface area contributed by atoms with Crippen molar-refractivity contribution < 1.29 is 17.9 Å². The monoisotopic (exact) mass is 541 g/mol. The second-order valence-corrected chi connectivity index (χ2v) is 11.5. The molecule has 0 aromatic heterocycles. The largest absolute Gasteiger partial charge is 0.494 e. The lowest BCUT2D eigenvalue weighted by molar-refractivity contribution is -0.119. The predicted octanol–water partition coefficient (Wildman–Crippen LogP) is 5.79. The first-order valence-corrected chi connectivity index (χ1v) is 13.7. The second kappa shape index (κ2) is 12.3. The minimum Gasteiger partial charge on any atom is -0.494 e. The van der Waals surface area contributed by atoms with Gasteiger partial charge in [-0.1, -0.05) is 55.8 Å². The minimum atomic E-state index is -4.07. The normalized spacial score (nSPS) is 12.2. The summed E-state index contributed by atoms with van der Waals surface area (Å²) < 4.78 is 33.5. The number of nitrogens with zero attached hydrogens (tertiary/aromatic N) is 2. The molecule has 3 rings (SSSR count). The number of hydrazone groups is 1. The van der Waals surface area contributed by atoms with Gasteiger partial charge in [0.2, 0.25) is 0 Å². The molecular weight excluding hydrogens is 510 g/mol. The number of hydrogen-bond donors (Lipinski definition) is 1. The number of carbonyl (C=O) groups is 1. The topological polar surface area (TPSA) is 88.1 Å². The van der Waals surface area contributed by atoms with Gasteiger partial charge in [-0.25, -0.2) is 13.8 Å². The van der Waals surface area contributed by atoms with Crippen molar-refractivity contribution in [2.75, 3.05) is 17.5 Å². The molecule has 0 saturated carbocycles. The number of carbonyl (C=O) groups excluding carboxylic acids is 1. The molecule has 0 fully saturated rings. The summed E-state index contributed by atoms with van der Waals surface area (Å²) in [5.74, 6) is 0.0316. The summed E-state index contributed by atoms with van der Waals surface area (Å²) in [4.78, 5) is 12.9. The van der Waals surface area contributed by atoms with Crippen LogP contribution in [-0.2, 0) is 20.2 Å². The Morgan fingerprint density at radius 3 is 2.22 bits per heavy atom. The van der Waals surface area contributed by atoms with Crippen molar-refractivity contribution in [2.45, 2.75) is 44.4 Å². The van der Waals surface area contributed by atoms with Crippen LogP contribution in [0.2, 0.25) is 5.02 Å². The molecule has 3 aromatic rings. The van der Waals surface area contributed by atoms with Crippen LogP contribution >= 0.6 is 11.6 Å². The first-order valence-electron chi connectivity index (χ1n) is 11.9. The Kier molecular flexibility index (Phi) is 9.34. The Morgan fingerprint density at radius 2 is 1.62 bits per heavy atom. The molecule has 9 heteroatoms. The molecule has 0 radical (unpaired) electrons. The van der Waals surface area contributed by atoms with Crippen LogP contribution in [0.15, 0.2) is 88.9 Å². The Morgan fingerprint density at radius 1 is 1.00 bits per heavy atom. The molecule has 0 aliphatic rings. The van der Waals surface area contributed by atoms with Crippen LogP contribution < -0.4 is 14.5 Å². The van der Waals surface area contributed by atoms with Crippen LogP contribution in [0.4, 0.5) is 5.69 Å². The maximum absolute atomic E-state index is 13.5. The van der Waals surface area contributed by atoms with Gasteiger partial charge in [-0.05, 0) is 79.8 Å². The first-order chi connectivity index (χ1) is 17.5. The predicted molar refractivity (Wildman–Crippen MR) is 149 cm³/mol. The van der Waals surface area contributed by atoms with Gasteiger partial charge in [-0.2, -0.15) is 5.10 Å². The number of nitrogens with one attached hydrogen (secondary N) is 1. The fraction of sp³-hybridized carbons (Fsp3) is 0.286. The molecule has 0 heterocycles. The molecule has 196 valence electrons. The molecule has 0 aliphatic carbocycles. The van der Waals surface area contributed by atoms with Gasteiger partial charge in [-0.15, -0.1) is 0 Å². The summed E-state index contributed by atoms with van der Waals surface area (Å²) in [6.45, 7) is 7.93. The van der Waals surface area contributed by atoms with Gasteiger partial charge in [0.05, 0.1) is 17.2 Å². The van der Waals surface area contributed by atoms with Gasteiger partial charge in [0.25, 0.3) is 15.9 Å². The van der Waals surface area contributed by atoms with E-state index < -0.39 is 22.5 Å². The summed E-state index contributed by atoms with van der Waals surface area (Å²) >= 11 is 5.94. The van der Waals surface area contributed by atoms with E-state index in [0.717, 1.165) is 15.6 Å². The van der Waals surface area contributed by atoms with E-state index in [2.05, 4.69) is 36.5 Å². The van der Waals surface area contributed by atoms with Gasteiger partial charge in [-0.3, -0.25) is 9.10 Å². The molecule has 0 atom stereocenters. The van der Waals surface area contributed by atoms with E-state index in [4.69, 9.17) is 16.3 Å². The molecule has 1 amide bonds. The molecule has 1 N–H and O–H groups in total. The number of ether oxygens (including phenoxy) is 1. The summed E-state index contributed by atoms with van der Waals surface area (Å²) in [5, 5.41) is 4.65. The van der Waals surface area contributed by atoms with Crippen molar-refractivity contribution in [1.29, 1.82) is 0 Å². The van der Waals surface area contributed by atoms with E-state index in [1.54, 1.807) is 24.3 Å². The minimum absolute atomic E-state index is 0.0166. The number of amides is 1. The standard InChI is InChI=1S/C28H32ClN3O4S/c1-5-36-25-15-13-24(14-16-25)32(37(34,35)26-17-11-23(29)12-18-26)20-27(33)31-30-21(2)19-28(3,4)22-9-7-6-8-10-22/h6-18H,5,19-20H2,1-4H3,(H,31,33)/b30-21-. The van der Waals surface area contributed by atoms with Crippen molar-refractivity contribution in [2.24, 2.45) is 5.10 Å². The van der Waals surface area contributed by atoms with E-state index in [1.807, 2.05) is 32.0 Å². The van der Waals surface area contributed by atoms with Crippen LogP contribution in [-0.4, -0.2) is 33.2 Å². The first kappa shape index (κ1) is 28.2. The molecule has 0 unspecified atom stereocenters. The summed E-state index contributed by atoms with van der Waals surface area (Å²) in [7, 11) is -4.07. The Labute approximate surface area is 224 Å². The lowest BCUT2D eigenvalue weighted by Gasteiger charge is -2.25. The van der Waals surface area contributed by atoms with Crippen molar-refractivity contribution >= 4 is 38.9 Å². The van der Waals surface area contributed by atoms with E-state index in [9.17, 15) is 13.2 Å². The van der Waals surface area contributed by atoms with Crippen molar-refractivity contribution in [1.82, 2.24) is 5.43 Å². The molecule has 37 heavy (non-hydrogen) atoms. The van der Waals surface area contributed by atoms with Gasteiger partial charge < -0.3 is 4.74 Å². The third-order valence-electron chi connectivity index (χ3n) is 5.75. The number of anilines is 1. The Bertz CT molecular complexity index is 1320. The highest BCUT2D eigenvalue weighted by Gasteiger charge is 2.27.